The fraction of sp³-hybridized carbons (Fsp3) is 0.568. The van der Waals surface area contributed by atoms with Crippen molar-refractivity contribution in [1.82, 2.24) is 20.6 Å². The summed E-state index contributed by atoms with van der Waals surface area (Å²) in [4.78, 5) is 35.1. The van der Waals surface area contributed by atoms with Crippen LogP contribution in [0.25, 0.3) is 0 Å². The summed E-state index contributed by atoms with van der Waals surface area (Å²) in [5.74, 6) is -0.443. The Kier molecular flexibility index (Phi) is 19.2. The number of amides is 2. The molecule has 4 N–H and O–H groups in total. The number of nitrogens with zero attached hydrogens (tertiary/aromatic N) is 2. The molecular formula is C37H55N5O4S4. The predicted molar refractivity (Wildman–Crippen MR) is 210 cm³/mol. The first-order chi connectivity index (χ1) is 24.0. The Bertz CT molecular complexity index is 1530. The van der Waals surface area contributed by atoms with Crippen LogP contribution in [0.15, 0.2) is 33.7 Å². The largest absolute Gasteiger partial charge is 0.459 e. The maximum Gasteiger partial charge on any atom is 0.325 e. The molecule has 0 atom stereocenters. The number of carbonyl (C=O) groups is 2. The fourth-order valence-corrected chi connectivity index (χ4v) is 7.98. The van der Waals surface area contributed by atoms with Crippen LogP contribution in [0, 0.1) is 13.8 Å². The molecule has 4 aromatic rings. The number of carbonyl (C=O) groups excluding carboxylic acids is 2. The first-order valence-electron chi connectivity index (χ1n) is 17.4. The number of ether oxygens (including phenoxy) is 2. The van der Waals surface area contributed by atoms with Gasteiger partial charge in [-0.15, -0.1) is 45.3 Å². The Balaban J connectivity index is 0.000000257. The van der Waals surface area contributed by atoms with Crippen molar-refractivity contribution in [2.45, 2.75) is 104 Å². The van der Waals surface area contributed by atoms with Crippen molar-refractivity contribution in [3.8, 4) is 0 Å². The summed E-state index contributed by atoms with van der Waals surface area (Å²) in [6, 6.07) is 4.21. The molecular weight excluding hydrogens is 707 g/mol. The second-order valence-electron chi connectivity index (χ2n) is 13.1. The lowest BCUT2D eigenvalue weighted by Gasteiger charge is -2.19. The lowest BCUT2D eigenvalue weighted by molar-refractivity contribution is -0.153. The normalized spacial score (nSPS) is 12.4. The van der Waals surface area contributed by atoms with Crippen molar-refractivity contribution in [3.63, 3.8) is 0 Å². The van der Waals surface area contributed by atoms with Crippen LogP contribution in [-0.2, 0) is 52.8 Å². The smallest absolute Gasteiger partial charge is 0.325 e. The molecule has 1 saturated heterocycles. The van der Waals surface area contributed by atoms with Gasteiger partial charge in [-0.05, 0) is 139 Å². The number of hydrogen-bond donors (Lipinski definition) is 3. The van der Waals surface area contributed by atoms with Crippen molar-refractivity contribution in [2.75, 3.05) is 32.8 Å². The van der Waals surface area contributed by atoms with Crippen LogP contribution in [0.5, 0.6) is 0 Å². The highest BCUT2D eigenvalue weighted by Crippen LogP contribution is 2.20. The highest BCUT2D eigenvalue weighted by molar-refractivity contribution is 7.10. The van der Waals surface area contributed by atoms with Crippen LogP contribution in [0.2, 0.25) is 0 Å². The van der Waals surface area contributed by atoms with Gasteiger partial charge in [0.25, 0.3) is 0 Å². The summed E-state index contributed by atoms with van der Waals surface area (Å²) in [7, 11) is 0. The van der Waals surface area contributed by atoms with Gasteiger partial charge >= 0.3 is 12.0 Å². The maximum absolute atomic E-state index is 11.7. The minimum Gasteiger partial charge on any atom is -0.459 e. The Morgan fingerprint density at radius 3 is 1.76 bits per heavy atom. The summed E-state index contributed by atoms with van der Waals surface area (Å²) >= 11 is 7.07. The molecule has 5 rings (SSSR count). The van der Waals surface area contributed by atoms with E-state index in [2.05, 4.69) is 61.2 Å². The molecule has 0 aromatic carbocycles. The minimum absolute atomic E-state index is 0.129. The molecule has 0 spiro atoms. The summed E-state index contributed by atoms with van der Waals surface area (Å²) in [5, 5.41) is 16.3. The Labute approximate surface area is 314 Å². The first kappa shape index (κ1) is 41.7. The molecule has 1 aliphatic rings. The van der Waals surface area contributed by atoms with Crippen LogP contribution in [0.3, 0.4) is 0 Å². The summed E-state index contributed by atoms with van der Waals surface area (Å²) in [5.41, 5.74) is 10.1. The number of nitrogens with one attached hydrogen (secondary N) is 2. The Morgan fingerprint density at radius 2 is 1.32 bits per heavy atom. The van der Waals surface area contributed by atoms with E-state index in [1.165, 1.54) is 45.1 Å². The van der Waals surface area contributed by atoms with Gasteiger partial charge in [0.1, 0.15) is 12.1 Å². The fourth-order valence-electron chi connectivity index (χ4n) is 4.83. The third-order valence-corrected chi connectivity index (χ3v) is 11.0. The first-order valence-corrected chi connectivity index (χ1v) is 21.0. The molecule has 0 saturated carbocycles. The second kappa shape index (κ2) is 23.0. The van der Waals surface area contributed by atoms with E-state index in [4.69, 9.17) is 15.2 Å². The predicted octanol–water partition coefficient (Wildman–Crippen LogP) is 7.86. The number of aromatic nitrogens is 2. The van der Waals surface area contributed by atoms with Crippen molar-refractivity contribution >= 4 is 57.3 Å². The van der Waals surface area contributed by atoms with Crippen LogP contribution in [0.1, 0.15) is 88.7 Å². The Hall–Kier alpha value is -2.68. The molecule has 4 aromatic heterocycles. The van der Waals surface area contributed by atoms with E-state index in [1.54, 1.807) is 54.8 Å². The van der Waals surface area contributed by atoms with Crippen LogP contribution in [0.4, 0.5) is 4.79 Å². The van der Waals surface area contributed by atoms with E-state index in [9.17, 15) is 9.59 Å². The molecule has 1 fully saturated rings. The summed E-state index contributed by atoms with van der Waals surface area (Å²) < 4.78 is 10.1. The number of thiophene rings is 2. The zero-order valence-corrected chi connectivity index (χ0v) is 33.6. The van der Waals surface area contributed by atoms with E-state index in [0.29, 0.717) is 6.54 Å². The molecule has 13 heteroatoms. The topological polar surface area (TPSA) is 128 Å². The third-order valence-electron chi connectivity index (χ3n) is 7.24. The van der Waals surface area contributed by atoms with Gasteiger partial charge < -0.3 is 25.8 Å². The van der Waals surface area contributed by atoms with Crippen molar-refractivity contribution in [2.24, 2.45) is 5.73 Å². The highest BCUT2D eigenvalue weighted by Gasteiger charge is 2.16. The van der Waals surface area contributed by atoms with Crippen LogP contribution in [-0.4, -0.2) is 60.4 Å². The van der Waals surface area contributed by atoms with Gasteiger partial charge in [0.05, 0.1) is 21.4 Å². The number of rotatable bonds is 15. The maximum atomic E-state index is 11.7. The quantitative estimate of drug-likeness (QED) is 0.0832. The number of nitrogens with two attached hydrogens (primary N) is 1. The van der Waals surface area contributed by atoms with E-state index in [-0.39, 0.29) is 12.6 Å². The highest BCUT2D eigenvalue weighted by atomic mass is 32.1. The second-order valence-corrected chi connectivity index (χ2v) is 17.2. The van der Waals surface area contributed by atoms with Crippen LogP contribution >= 0.6 is 45.3 Å². The number of esters is 1. The number of aryl methyl sites for hydroxylation is 8. The molecule has 0 radical (unpaired) electrons. The summed E-state index contributed by atoms with van der Waals surface area (Å²) in [6.45, 7) is 12.7. The van der Waals surface area contributed by atoms with Crippen molar-refractivity contribution < 1.29 is 19.1 Å². The van der Waals surface area contributed by atoms with Crippen molar-refractivity contribution in [1.29, 1.82) is 0 Å². The zero-order chi connectivity index (χ0) is 36.2. The standard InChI is InChI=1S/C20H29N3O3S2.C13H18N2S2.C4H8O/c1-14-23-16(13-27-14)7-8-17-10-15(12-28-17)6-5-9-21-19(25)22-11-18(24)26-20(2,3)4;1-10-15-12(9-16-10)4-5-13-7-11(8-17-13)3-2-6-14;1-2-4-5-3-1/h10,12-13H,5-9,11H2,1-4H3,(H2,21,22,25);7-9H,2-6,14H2,1H3;1-4H2. The monoisotopic (exact) mass is 761 g/mol. The number of thiazole rings is 2. The van der Waals surface area contributed by atoms with E-state index < -0.39 is 11.6 Å². The van der Waals surface area contributed by atoms with E-state index in [0.717, 1.165) is 81.1 Å². The molecule has 0 unspecified atom stereocenters. The molecule has 5 heterocycles. The molecule has 50 heavy (non-hydrogen) atoms. The molecule has 0 aliphatic carbocycles. The van der Waals surface area contributed by atoms with Gasteiger partial charge in [0.2, 0.25) is 0 Å². The summed E-state index contributed by atoms with van der Waals surface area (Å²) in [6.07, 6.45) is 10.7. The average molecular weight is 762 g/mol. The van der Waals surface area contributed by atoms with Gasteiger partial charge in [-0.3, -0.25) is 4.79 Å². The molecule has 2 amide bonds. The molecule has 9 nitrogen and oxygen atoms in total. The van der Waals surface area contributed by atoms with Gasteiger partial charge in [-0.1, -0.05) is 0 Å². The van der Waals surface area contributed by atoms with Gasteiger partial charge in [-0.25, -0.2) is 14.8 Å². The minimum atomic E-state index is -0.548. The van der Waals surface area contributed by atoms with Crippen molar-refractivity contribution in [3.05, 3.63) is 75.9 Å². The third kappa shape index (κ3) is 18.5. The zero-order valence-electron chi connectivity index (χ0n) is 30.3. The van der Waals surface area contributed by atoms with Gasteiger partial charge in [-0.2, -0.15) is 0 Å². The van der Waals surface area contributed by atoms with Gasteiger partial charge in [0, 0.05) is 40.3 Å². The molecule has 0 bridgehead atoms. The average Bonchev–Trinajstić information content (AvgIpc) is 3.92. The lowest BCUT2D eigenvalue weighted by Crippen LogP contribution is -2.40. The SMILES string of the molecule is C1CCOC1.Cc1nc(CCc2cc(CCCN)cs2)cs1.Cc1nc(CCc2cc(CCCNC(=O)NCC(=O)OC(C)(C)C)cs2)cs1. The Morgan fingerprint density at radius 1 is 0.780 bits per heavy atom. The molecule has 1 aliphatic heterocycles. The lowest BCUT2D eigenvalue weighted by atomic mass is 10.1. The van der Waals surface area contributed by atoms with E-state index >= 15 is 0 Å². The van der Waals surface area contributed by atoms with Gasteiger partial charge in [0.15, 0.2) is 0 Å². The molecule has 276 valence electrons. The number of urea groups is 1. The number of hydrogen-bond acceptors (Lipinski definition) is 11. The van der Waals surface area contributed by atoms with E-state index in [1.807, 2.05) is 18.3 Å². The van der Waals surface area contributed by atoms with Crippen LogP contribution < -0.4 is 16.4 Å².